The van der Waals surface area contributed by atoms with Gasteiger partial charge in [0, 0.05) is 17.9 Å². The minimum atomic E-state index is 0. The van der Waals surface area contributed by atoms with Crippen molar-refractivity contribution in [3.8, 4) is 5.75 Å². The van der Waals surface area contributed by atoms with E-state index >= 15 is 0 Å². The summed E-state index contributed by atoms with van der Waals surface area (Å²) in [5, 5.41) is 0. The number of hydrogen-bond donors (Lipinski definition) is 1. The molecule has 0 bridgehead atoms. The Morgan fingerprint density at radius 2 is 2.04 bits per heavy atom. The maximum atomic E-state index is 12.7. The van der Waals surface area contributed by atoms with Crippen LogP contribution in [0.1, 0.15) is 17.5 Å². The maximum absolute atomic E-state index is 12.7. The third kappa shape index (κ3) is 3.59. The highest BCUT2D eigenvalue weighted by Crippen LogP contribution is 2.31. The molecule has 1 aliphatic heterocycles. The summed E-state index contributed by atoms with van der Waals surface area (Å²) in [6, 6.07) is 13.4. The van der Waals surface area contributed by atoms with Crippen LogP contribution in [0.2, 0.25) is 0 Å². The zero-order valence-electron chi connectivity index (χ0n) is 13.1. The van der Waals surface area contributed by atoms with E-state index in [4.69, 9.17) is 10.5 Å². The second-order valence-electron chi connectivity index (χ2n) is 5.52. The fourth-order valence-corrected chi connectivity index (χ4v) is 2.96. The lowest BCUT2D eigenvalue weighted by Gasteiger charge is -2.30. The van der Waals surface area contributed by atoms with Gasteiger partial charge in [0.25, 0.3) is 0 Å². The van der Waals surface area contributed by atoms with E-state index in [1.54, 1.807) is 7.11 Å². The Balaban J connectivity index is 0.00000192. The SMILES string of the molecule is COc1cccc(CC(=O)N2CCCc3c(N)cccc32)c1.Cl. The molecule has 0 spiro atoms. The number of benzene rings is 2. The van der Waals surface area contributed by atoms with E-state index in [-0.39, 0.29) is 18.3 Å². The molecule has 1 aliphatic rings. The monoisotopic (exact) mass is 332 g/mol. The van der Waals surface area contributed by atoms with E-state index in [1.165, 1.54) is 0 Å². The van der Waals surface area contributed by atoms with Crippen LogP contribution in [0.15, 0.2) is 42.5 Å². The number of nitrogen functional groups attached to an aromatic ring is 1. The highest BCUT2D eigenvalue weighted by Gasteiger charge is 2.23. The number of halogens is 1. The fraction of sp³-hybridized carbons (Fsp3) is 0.278. The van der Waals surface area contributed by atoms with Crippen LogP contribution >= 0.6 is 12.4 Å². The average Bonchev–Trinajstić information content (AvgIpc) is 2.55. The van der Waals surface area contributed by atoms with Crippen molar-refractivity contribution in [3.05, 3.63) is 53.6 Å². The van der Waals surface area contributed by atoms with Crippen LogP contribution in [0.4, 0.5) is 11.4 Å². The Hall–Kier alpha value is -2.20. The van der Waals surface area contributed by atoms with Crippen molar-refractivity contribution in [3.63, 3.8) is 0 Å². The van der Waals surface area contributed by atoms with Crippen molar-refractivity contribution < 1.29 is 9.53 Å². The van der Waals surface area contributed by atoms with Crippen LogP contribution in [0.3, 0.4) is 0 Å². The number of amides is 1. The molecule has 3 rings (SSSR count). The van der Waals surface area contributed by atoms with Gasteiger partial charge in [0.1, 0.15) is 5.75 Å². The Labute approximate surface area is 142 Å². The zero-order chi connectivity index (χ0) is 15.5. The molecule has 4 nitrogen and oxygen atoms in total. The quantitative estimate of drug-likeness (QED) is 0.878. The van der Waals surface area contributed by atoms with Gasteiger partial charge in [-0.3, -0.25) is 4.79 Å². The molecule has 23 heavy (non-hydrogen) atoms. The predicted octanol–water partition coefficient (Wildman–Crippen LogP) is 3.22. The summed E-state index contributed by atoms with van der Waals surface area (Å²) >= 11 is 0. The van der Waals surface area contributed by atoms with Gasteiger partial charge in [-0.2, -0.15) is 0 Å². The van der Waals surface area contributed by atoms with Gasteiger partial charge in [0.05, 0.1) is 13.5 Å². The molecule has 2 N–H and O–H groups in total. The van der Waals surface area contributed by atoms with E-state index in [0.29, 0.717) is 6.42 Å². The number of nitrogens with zero attached hydrogens (tertiary/aromatic N) is 1. The number of carbonyl (C=O) groups excluding carboxylic acids is 1. The molecule has 0 aliphatic carbocycles. The number of hydrogen-bond acceptors (Lipinski definition) is 3. The largest absolute Gasteiger partial charge is 0.497 e. The summed E-state index contributed by atoms with van der Waals surface area (Å²) in [5.74, 6) is 0.869. The number of nitrogens with two attached hydrogens (primary N) is 1. The summed E-state index contributed by atoms with van der Waals surface area (Å²) in [6.45, 7) is 0.749. The van der Waals surface area contributed by atoms with E-state index < -0.39 is 0 Å². The Morgan fingerprint density at radius 1 is 1.26 bits per heavy atom. The molecule has 0 atom stereocenters. The lowest BCUT2D eigenvalue weighted by atomic mass is 9.99. The van der Waals surface area contributed by atoms with Gasteiger partial charge in [-0.25, -0.2) is 0 Å². The maximum Gasteiger partial charge on any atom is 0.231 e. The van der Waals surface area contributed by atoms with Gasteiger partial charge in [-0.05, 0) is 48.2 Å². The standard InChI is InChI=1S/C18H20N2O2.ClH/c1-22-14-6-2-5-13(11-14)12-18(21)20-10-4-7-15-16(19)8-3-9-17(15)20;/h2-3,5-6,8-9,11H,4,7,10,12,19H2,1H3;1H. The summed E-state index contributed by atoms with van der Waals surface area (Å²) in [5.41, 5.74) is 9.82. The molecule has 2 aromatic rings. The fourth-order valence-electron chi connectivity index (χ4n) is 2.96. The smallest absolute Gasteiger partial charge is 0.231 e. The number of methoxy groups -OCH3 is 1. The number of ether oxygens (including phenoxy) is 1. The molecule has 1 heterocycles. The molecular weight excluding hydrogens is 312 g/mol. The molecular formula is C18H21ClN2O2. The molecule has 0 aromatic heterocycles. The summed E-state index contributed by atoms with van der Waals surface area (Å²) < 4.78 is 5.21. The second-order valence-corrected chi connectivity index (χ2v) is 5.52. The van der Waals surface area contributed by atoms with Gasteiger partial charge in [0.2, 0.25) is 5.91 Å². The van der Waals surface area contributed by atoms with E-state index in [1.807, 2.05) is 47.4 Å². The summed E-state index contributed by atoms with van der Waals surface area (Å²) in [6.07, 6.45) is 2.25. The Kier molecular flexibility index (Phi) is 5.50. The molecule has 2 aromatic carbocycles. The first-order valence-electron chi connectivity index (χ1n) is 7.49. The molecule has 0 unspecified atom stereocenters. The minimum Gasteiger partial charge on any atom is -0.497 e. The summed E-state index contributed by atoms with van der Waals surface area (Å²) in [7, 11) is 1.63. The van der Waals surface area contributed by atoms with Crippen LogP contribution in [0, 0.1) is 0 Å². The average molecular weight is 333 g/mol. The van der Waals surface area contributed by atoms with E-state index in [2.05, 4.69) is 0 Å². The number of anilines is 2. The number of carbonyl (C=O) groups is 1. The van der Waals surface area contributed by atoms with Crippen LogP contribution in [-0.4, -0.2) is 19.6 Å². The molecule has 0 saturated heterocycles. The van der Waals surface area contributed by atoms with Crippen molar-refractivity contribution in [2.24, 2.45) is 0 Å². The van der Waals surface area contributed by atoms with Gasteiger partial charge in [0.15, 0.2) is 0 Å². The second kappa shape index (κ2) is 7.38. The van der Waals surface area contributed by atoms with Crippen molar-refractivity contribution in [2.45, 2.75) is 19.3 Å². The number of fused-ring (bicyclic) bond motifs is 1. The summed E-state index contributed by atoms with van der Waals surface area (Å²) in [4.78, 5) is 14.5. The Morgan fingerprint density at radius 3 is 2.83 bits per heavy atom. The van der Waals surface area contributed by atoms with E-state index in [0.717, 1.165) is 47.6 Å². The highest BCUT2D eigenvalue weighted by molar-refractivity contribution is 5.96. The first-order chi connectivity index (χ1) is 10.7. The zero-order valence-corrected chi connectivity index (χ0v) is 13.9. The van der Waals surface area contributed by atoms with Gasteiger partial charge >= 0.3 is 0 Å². The number of rotatable bonds is 3. The van der Waals surface area contributed by atoms with Crippen molar-refractivity contribution in [2.75, 3.05) is 24.3 Å². The predicted molar refractivity (Wildman–Crippen MR) is 95.5 cm³/mol. The van der Waals surface area contributed by atoms with Gasteiger partial charge < -0.3 is 15.4 Å². The molecule has 0 radical (unpaired) electrons. The first-order valence-corrected chi connectivity index (χ1v) is 7.49. The van der Waals surface area contributed by atoms with Crippen molar-refractivity contribution >= 4 is 29.7 Å². The Bertz CT molecular complexity index is 703. The van der Waals surface area contributed by atoms with Crippen LogP contribution < -0.4 is 15.4 Å². The van der Waals surface area contributed by atoms with Gasteiger partial charge in [-0.15, -0.1) is 12.4 Å². The molecule has 122 valence electrons. The van der Waals surface area contributed by atoms with Crippen LogP contribution in [-0.2, 0) is 17.6 Å². The van der Waals surface area contributed by atoms with Crippen molar-refractivity contribution in [1.29, 1.82) is 0 Å². The topological polar surface area (TPSA) is 55.6 Å². The lowest BCUT2D eigenvalue weighted by molar-refractivity contribution is -0.118. The van der Waals surface area contributed by atoms with Crippen LogP contribution in [0.25, 0.3) is 0 Å². The lowest BCUT2D eigenvalue weighted by Crippen LogP contribution is -2.36. The third-order valence-electron chi connectivity index (χ3n) is 4.08. The van der Waals surface area contributed by atoms with Gasteiger partial charge in [-0.1, -0.05) is 18.2 Å². The van der Waals surface area contributed by atoms with Crippen molar-refractivity contribution in [1.82, 2.24) is 0 Å². The van der Waals surface area contributed by atoms with E-state index in [9.17, 15) is 4.79 Å². The minimum absolute atomic E-state index is 0. The molecule has 0 fully saturated rings. The highest BCUT2D eigenvalue weighted by atomic mass is 35.5. The normalized spacial score (nSPS) is 13.0. The third-order valence-corrected chi connectivity index (χ3v) is 4.08. The molecule has 1 amide bonds. The first kappa shape index (κ1) is 17.2. The van der Waals surface area contributed by atoms with Crippen LogP contribution in [0.5, 0.6) is 5.75 Å². The molecule has 0 saturated carbocycles. The molecule has 5 heteroatoms.